The molecule has 0 N–H and O–H groups in total. The van der Waals surface area contributed by atoms with Crippen molar-refractivity contribution in [3.8, 4) is 11.3 Å². The zero-order chi connectivity index (χ0) is 19.1. The van der Waals surface area contributed by atoms with Crippen LogP contribution in [0.5, 0.6) is 0 Å². The number of aryl methyl sites for hydroxylation is 4. The summed E-state index contributed by atoms with van der Waals surface area (Å²) < 4.78 is 7.19. The van der Waals surface area contributed by atoms with Crippen molar-refractivity contribution in [2.45, 2.75) is 34.1 Å². The fraction of sp³-hybridized carbons (Fsp3) is 0.227. The van der Waals surface area contributed by atoms with Gasteiger partial charge in [0.1, 0.15) is 11.4 Å². The molecule has 0 atom stereocenters. The van der Waals surface area contributed by atoms with Crippen molar-refractivity contribution in [3.63, 3.8) is 0 Å². The maximum Gasteiger partial charge on any atom is 0.174 e. The molecule has 3 aromatic heterocycles. The number of ketones is 1. The van der Waals surface area contributed by atoms with Gasteiger partial charge in [0.05, 0.1) is 29.1 Å². The van der Waals surface area contributed by atoms with Gasteiger partial charge in [-0.3, -0.25) is 4.79 Å². The molecule has 0 aliphatic carbocycles. The number of hydrogen-bond acceptors (Lipinski definition) is 4. The molecular weight excluding hydrogens is 338 g/mol. The lowest BCUT2D eigenvalue weighted by molar-refractivity contribution is 0.0990. The number of imidazole rings is 1. The highest BCUT2D eigenvalue weighted by Gasteiger charge is 2.22. The van der Waals surface area contributed by atoms with Gasteiger partial charge in [0, 0.05) is 11.8 Å². The Kier molecular flexibility index (Phi) is 4.15. The van der Waals surface area contributed by atoms with E-state index in [0.717, 1.165) is 28.2 Å². The topological polar surface area (TPSA) is 60.4 Å². The van der Waals surface area contributed by atoms with E-state index >= 15 is 0 Å². The molecule has 0 fully saturated rings. The third-order valence-electron chi connectivity index (χ3n) is 4.83. The van der Waals surface area contributed by atoms with E-state index in [1.165, 1.54) is 5.56 Å². The fourth-order valence-electron chi connectivity index (χ4n) is 3.43. The molecular formula is C22H21N3O2. The van der Waals surface area contributed by atoms with Crippen LogP contribution < -0.4 is 0 Å². The van der Waals surface area contributed by atoms with Gasteiger partial charge in [-0.15, -0.1) is 0 Å². The second-order valence-electron chi connectivity index (χ2n) is 7.01. The van der Waals surface area contributed by atoms with E-state index in [4.69, 9.17) is 9.51 Å². The van der Waals surface area contributed by atoms with Crippen LogP contribution >= 0.6 is 0 Å². The highest BCUT2D eigenvalue weighted by atomic mass is 16.5. The number of pyridine rings is 1. The highest BCUT2D eigenvalue weighted by Crippen LogP contribution is 2.27. The summed E-state index contributed by atoms with van der Waals surface area (Å²) >= 11 is 0. The minimum Gasteiger partial charge on any atom is -0.361 e. The zero-order valence-electron chi connectivity index (χ0n) is 15.9. The average Bonchev–Trinajstić information content (AvgIpc) is 3.15. The molecule has 0 aliphatic rings. The van der Waals surface area contributed by atoms with Crippen LogP contribution in [0.2, 0.25) is 0 Å². The quantitative estimate of drug-likeness (QED) is 0.498. The molecule has 136 valence electrons. The first-order chi connectivity index (χ1) is 12.9. The Labute approximate surface area is 157 Å². The summed E-state index contributed by atoms with van der Waals surface area (Å²) in [6.07, 6.45) is 2.26. The Hall–Kier alpha value is -3.21. The van der Waals surface area contributed by atoms with Gasteiger partial charge in [-0.2, -0.15) is 0 Å². The van der Waals surface area contributed by atoms with E-state index in [9.17, 15) is 4.79 Å². The number of aromatic nitrogens is 3. The second kappa shape index (κ2) is 6.50. The maximum absolute atomic E-state index is 13.0. The van der Waals surface area contributed by atoms with Gasteiger partial charge in [0.2, 0.25) is 0 Å². The molecule has 4 aromatic rings. The zero-order valence-corrected chi connectivity index (χ0v) is 15.9. The van der Waals surface area contributed by atoms with Gasteiger partial charge < -0.3 is 8.92 Å². The van der Waals surface area contributed by atoms with Crippen molar-refractivity contribution < 1.29 is 9.32 Å². The molecule has 3 heterocycles. The molecule has 5 nitrogen and oxygen atoms in total. The van der Waals surface area contributed by atoms with E-state index in [1.54, 1.807) is 13.8 Å². The van der Waals surface area contributed by atoms with Gasteiger partial charge in [0.25, 0.3) is 0 Å². The Morgan fingerprint density at radius 2 is 1.70 bits per heavy atom. The second-order valence-corrected chi connectivity index (χ2v) is 7.01. The first-order valence-electron chi connectivity index (χ1n) is 8.94. The monoisotopic (exact) mass is 359 g/mol. The summed E-state index contributed by atoms with van der Waals surface area (Å²) in [5.41, 5.74) is 7.03. The first-order valence-corrected chi connectivity index (χ1v) is 8.94. The van der Waals surface area contributed by atoms with Crippen LogP contribution in [0, 0.1) is 27.7 Å². The predicted molar refractivity (Wildman–Crippen MR) is 104 cm³/mol. The van der Waals surface area contributed by atoms with Crippen LogP contribution in [0.1, 0.15) is 38.6 Å². The van der Waals surface area contributed by atoms with E-state index in [2.05, 4.69) is 24.2 Å². The van der Waals surface area contributed by atoms with Crippen LogP contribution in [0.3, 0.4) is 0 Å². The predicted octanol–water partition coefficient (Wildman–Crippen LogP) is 4.65. The maximum atomic E-state index is 13.0. The summed E-state index contributed by atoms with van der Waals surface area (Å²) in [4.78, 5) is 17.8. The van der Waals surface area contributed by atoms with Crippen LogP contribution in [-0.4, -0.2) is 20.3 Å². The number of benzene rings is 1. The van der Waals surface area contributed by atoms with E-state index in [0.29, 0.717) is 17.0 Å². The number of fused-ring (bicyclic) bond motifs is 1. The molecule has 5 heteroatoms. The van der Waals surface area contributed by atoms with Gasteiger partial charge in [-0.05, 0) is 39.3 Å². The molecule has 0 unspecified atom stereocenters. The Balaban J connectivity index is 1.87. The third kappa shape index (κ3) is 3.05. The van der Waals surface area contributed by atoms with Crippen molar-refractivity contribution >= 4 is 11.4 Å². The number of carbonyl (C=O) groups is 1. The minimum absolute atomic E-state index is 0.0112. The van der Waals surface area contributed by atoms with Gasteiger partial charge >= 0.3 is 0 Å². The number of carbonyl (C=O) groups excluding carboxylic acids is 1. The average molecular weight is 359 g/mol. The highest BCUT2D eigenvalue weighted by molar-refractivity contribution is 5.99. The van der Waals surface area contributed by atoms with E-state index in [1.807, 2.05) is 41.8 Å². The summed E-state index contributed by atoms with van der Waals surface area (Å²) in [5.74, 6) is 0.544. The molecule has 27 heavy (non-hydrogen) atoms. The Morgan fingerprint density at radius 1 is 1.00 bits per heavy atom. The standard InChI is InChI=1S/C22H21N3O2/c1-13-5-8-17(9-6-13)22-18(25-12-14(2)7-10-20(25)23-22)11-19(26)21-15(3)24-27-16(21)4/h5-10,12H,11H2,1-4H3. The number of hydrogen-bond donors (Lipinski definition) is 0. The van der Waals surface area contributed by atoms with Gasteiger partial charge in [-0.25, -0.2) is 4.98 Å². The summed E-state index contributed by atoms with van der Waals surface area (Å²) in [6, 6.07) is 12.2. The molecule has 0 amide bonds. The summed E-state index contributed by atoms with van der Waals surface area (Å²) in [6.45, 7) is 7.65. The lowest BCUT2D eigenvalue weighted by atomic mass is 10.0. The molecule has 1 aromatic carbocycles. The van der Waals surface area contributed by atoms with Crippen molar-refractivity contribution in [1.29, 1.82) is 0 Å². The lowest BCUT2D eigenvalue weighted by Crippen LogP contribution is -2.09. The third-order valence-corrected chi connectivity index (χ3v) is 4.83. The van der Waals surface area contributed by atoms with Crippen LogP contribution in [0.25, 0.3) is 16.9 Å². The van der Waals surface area contributed by atoms with E-state index < -0.39 is 0 Å². The van der Waals surface area contributed by atoms with Crippen molar-refractivity contribution in [2.75, 3.05) is 0 Å². The summed E-state index contributed by atoms with van der Waals surface area (Å²) in [5, 5.41) is 3.91. The molecule has 0 aliphatic heterocycles. The number of Topliss-reactive ketones (excluding diaryl/α,β-unsaturated/α-hetero) is 1. The Bertz CT molecular complexity index is 1130. The summed E-state index contributed by atoms with van der Waals surface area (Å²) in [7, 11) is 0. The van der Waals surface area contributed by atoms with Crippen molar-refractivity contribution in [3.05, 3.63) is 76.4 Å². The Morgan fingerprint density at radius 3 is 2.37 bits per heavy atom. The molecule has 0 bridgehead atoms. The van der Waals surface area contributed by atoms with Crippen LogP contribution in [0.4, 0.5) is 0 Å². The molecule has 0 saturated carbocycles. The molecule has 0 spiro atoms. The molecule has 0 saturated heterocycles. The largest absolute Gasteiger partial charge is 0.361 e. The first kappa shape index (κ1) is 17.2. The van der Waals surface area contributed by atoms with Gasteiger partial charge in [0.15, 0.2) is 5.78 Å². The van der Waals surface area contributed by atoms with Crippen LogP contribution in [0.15, 0.2) is 47.1 Å². The van der Waals surface area contributed by atoms with Crippen molar-refractivity contribution in [2.24, 2.45) is 0 Å². The smallest absolute Gasteiger partial charge is 0.174 e. The minimum atomic E-state index is -0.0112. The fourth-order valence-corrected chi connectivity index (χ4v) is 3.43. The number of nitrogens with zero attached hydrogens (tertiary/aromatic N) is 3. The molecule has 4 rings (SSSR count). The van der Waals surface area contributed by atoms with Crippen molar-refractivity contribution in [1.82, 2.24) is 14.5 Å². The van der Waals surface area contributed by atoms with Gasteiger partial charge in [-0.1, -0.05) is 41.1 Å². The van der Waals surface area contributed by atoms with Crippen LogP contribution in [-0.2, 0) is 6.42 Å². The van der Waals surface area contributed by atoms with E-state index in [-0.39, 0.29) is 12.2 Å². The molecule has 0 radical (unpaired) electrons. The number of rotatable bonds is 4. The lowest BCUT2D eigenvalue weighted by Gasteiger charge is -2.06. The SMILES string of the molecule is Cc1ccc(-c2nc3ccc(C)cn3c2CC(=O)c2c(C)noc2C)cc1. The normalized spacial score (nSPS) is 11.3.